The molecule has 1 aliphatic heterocycles. The van der Waals surface area contributed by atoms with E-state index in [2.05, 4.69) is 96.7 Å². The Kier molecular flexibility index (Phi) is 22.9. The quantitative estimate of drug-likeness (QED) is 0.0885. The van der Waals surface area contributed by atoms with E-state index in [-0.39, 0.29) is 20.4 Å². The zero-order valence-corrected chi connectivity index (χ0v) is 29.0. The maximum Gasteiger partial charge on any atom is 2.00 e. The van der Waals surface area contributed by atoms with Crippen molar-refractivity contribution in [2.75, 3.05) is 0 Å². The first-order chi connectivity index (χ1) is 20.0. The molecule has 0 spiro atoms. The van der Waals surface area contributed by atoms with Crippen LogP contribution in [0.4, 0.5) is 0 Å². The molecule has 3 rings (SSSR count). The van der Waals surface area contributed by atoms with Crippen LogP contribution in [0, 0.1) is 25.7 Å². The maximum atomic E-state index is 11.6. The molecule has 0 unspecified atom stereocenters. The summed E-state index contributed by atoms with van der Waals surface area (Å²) in [7, 11) is 0. The SMILES string of the molecule is CC#Cc1cccc(C2=C(CCCC)C(CCCC)=C(c3ccc(CCCC)cc3)[N+]2=[N-])c1.[CH2-]CCC.[CH2-]CCC.[Pd+2]. The van der Waals surface area contributed by atoms with Gasteiger partial charge in [0.05, 0.1) is 0 Å². The molecule has 0 bridgehead atoms. The Labute approximate surface area is 273 Å². The molecule has 3 heteroatoms. The molecule has 0 atom stereocenters. The van der Waals surface area contributed by atoms with E-state index < -0.39 is 0 Å². The zero-order valence-electron chi connectivity index (χ0n) is 27.4. The molecule has 2 nitrogen and oxygen atoms in total. The van der Waals surface area contributed by atoms with Crippen LogP contribution in [0.2, 0.25) is 0 Å². The normalized spacial score (nSPS) is 12.0. The minimum absolute atomic E-state index is 0. The number of rotatable bonds is 13. The van der Waals surface area contributed by atoms with Gasteiger partial charge in [0.1, 0.15) is 0 Å². The van der Waals surface area contributed by atoms with E-state index in [1.807, 2.05) is 19.1 Å². The standard InChI is InChI=1S/C31H38N2.2C4H9.Pd/c1-5-9-14-24-19-21-26(22-20-24)30-28(17-10-6-2)29(18-11-7-3)31(33(30)32)27-16-12-15-25(23-27)13-8-4;2*1-3-4-2;/h12,15-16,19-23H,5-7,9-11,14,17-18H2,1-4H3;2*1,3-4H2,2H3;/q;2*-1;+2. The van der Waals surface area contributed by atoms with E-state index in [4.69, 9.17) is 0 Å². The van der Waals surface area contributed by atoms with Gasteiger partial charge in [-0.25, -0.2) is 4.70 Å². The summed E-state index contributed by atoms with van der Waals surface area (Å²) >= 11 is 0. The van der Waals surface area contributed by atoms with Crippen LogP contribution in [0.25, 0.3) is 16.9 Å². The van der Waals surface area contributed by atoms with Crippen LogP contribution in [0.1, 0.15) is 141 Å². The van der Waals surface area contributed by atoms with Gasteiger partial charge in [0, 0.05) is 27.8 Å². The molecule has 0 aromatic heterocycles. The molecule has 0 radical (unpaired) electrons. The number of hydrogen-bond acceptors (Lipinski definition) is 0. The van der Waals surface area contributed by atoms with Crippen LogP contribution < -0.4 is 0 Å². The summed E-state index contributed by atoms with van der Waals surface area (Å²) in [6.45, 7) is 20.0. The second kappa shape index (κ2) is 24.2. The fourth-order valence-electron chi connectivity index (χ4n) is 4.59. The monoisotopic (exact) mass is 658 g/mol. The van der Waals surface area contributed by atoms with Gasteiger partial charge in [-0.2, -0.15) is 12.8 Å². The molecule has 0 N–H and O–H groups in total. The van der Waals surface area contributed by atoms with E-state index in [1.165, 1.54) is 47.1 Å². The Bertz CT molecular complexity index is 1150. The number of nitrogens with zero attached hydrogens (tertiary/aromatic N) is 2. The number of hydrogen-bond donors (Lipinski definition) is 0. The predicted molar refractivity (Wildman–Crippen MR) is 181 cm³/mol. The first kappa shape index (κ1) is 39.7. The van der Waals surface area contributed by atoms with Crippen LogP contribution in [0.15, 0.2) is 59.7 Å². The van der Waals surface area contributed by atoms with Crippen molar-refractivity contribution < 1.29 is 25.1 Å². The fraction of sp³-hybridized carbons (Fsp3) is 0.487. The number of unbranched alkanes of at least 4 members (excludes halogenated alkanes) is 5. The van der Waals surface area contributed by atoms with Crippen LogP contribution in [-0.2, 0) is 26.8 Å². The molecule has 2 aromatic carbocycles. The summed E-state index contributed by atoms with van der Waals surface area (Å²) in [4.78, 5) is 0. The van der Waals surface area contributed by atoms with Gasteiger partial charge in [0.25, 0.3) is 0 Å². The molecule has 0 saturated heterocycles. The van der Waals surface area contributed by atoms with E-state index in [0.717, 1.165) is 85.9 Å². The summed E-state index contributed by atoms with van der Waals surface area (Å²) in [5, 5.41) is 0. The molecular formula is C39H56N2Pd. The van der Waals surface area contributed by atoms with E-state index in [9.17, 15) is 5.53 Å². The summed E-state index contributed by atoms with van der Waals surface area (Å²) in [6.07, 6.45) is 14.5. The van der Waals surface area contributed by atoms with Crippen molar-refractivity contribution in [1.82, 2.24) is 0 Å². The van der Waals surface area contributed by atoms with Crippen molar-refractivity contribution in [3.05, 3.63) is 101 Å². The molecule has 0 aliphatic carbocycles. The third-order valence-electron chi connectivity index (χ3n) is 7.08. The van der Waals surface area contributed by atoms with Crippen molar-refractivity contribution in [2.45, 2.75) is 125 Å². The average Bonchev–Trinajstić information content (AvgIpc) is 3.29. The van der Waals surface area contributed by atoms with Gasteiger partial charge in [-0.15, -0.1) is 5.92 Å². The Morgan fingerprint density at radius 1 is 0.667 bits per heavy atom. The average molecular weight is 659 g/mol. The van der Waals surface area contributed by atoms with Crippen molar-refractivity contribution in [2.24, 2.45) is 0 Å². The van der Waals surface area contributed by atoms with Gasteiger partial charge in [0.15, 0.2) is 0 Å². The second-order valence-corrected chi connectivity index (χ2v) is 10.6. The van der Waals surface area contributed by atoms with Crippen LogP contribution >= 0.6 is 0 Å². The first-order valence-corrected chi connectivity index (χ1v) is 16.1. The van der Waals surface area contributed by atoms with Gasteiger partial charge in [-0.1, -0.05) is 90.8 Å². The largest absolute Gasteiger partial charge is 2.00 e. The molecule has 2 aromatic rings. The second-order valence-electron chi connectivity index (χ2n) is 10.6. The smallest absolute Gasteiger partial charge is 0.493 e. The van der Waals surface area contributed by atoms with Crippen molar-refractivity contribution in [3.8, 4) is 11.8 Å². The summed E-state index contributed by atoms with van der Waals surface area (Å²) in [5.41, 5.74) is 20.6. The zero-order chi connectivity index (χ0) is 30.5. The van der Waals surface area contributed by atoms with E-state index in [0.29, 0.717) is 0 Å². The molecule has 0 amide bonds. The van der Waals surface area contributed by atoms with Gasteiger partial charge in [-0.05, 0) is 81.3 Å². The van der Waals surface area contributed by atoms with Gasteiger partial charge in [-0.3, -0.25) is 0 Å². The Morgan fingerprint density at radius 2 is 1.14 bits per heavy atom. The summed E-state index contributed by atoms with van der Waals surface area (Å²) < 4.78 is 1.47. The summed E-state index contributed by atoms with van der Waals surface area (Å²) in [5.74, 6) is 6.17. The molecule has 0 saturated carbocycles. The van der Waals surface area contributed by atoms with Crippen LogP contribution in [-0.4, -0.2) is 4.70 Å². The predicted octanol–water partition coefficient (Wildman–Crippen LogP) is 12.2. The van der Waals surface area contributed by atoms with Crippen LogP contribution in [0.5, 0.6) is 0 Å². The summed E-state index contributed by atoms with van der Waals surface area (Å²) in [6, 6.07) is 17.1. The van der Waals surface area contributed by atoms with Gasteiger partial charge >= 0.3 is 20.4 Å². The van der Waals surface area contributed by atoms with Crippen molar-refractivity contribution in [1.29, 1.82) is 0 Å². The maximum absolute atomic E-state index is 11.6. The molecule has 0 fully saturated rings. The Hall–Kier alpha value is -2.26. The number of allylic oxidation sites excluding steroid dienone is 2. The van der Waals surface area contributed by atoms with Crippen molar-refractivity contribution >= 4 is 11.4 Å². The first-order valence-electron chi connectivity index (χ1n) is 16.1. The fourth-order valence-corrected chi connectivity index (χ4v) is 4.59. The molecule has 1 aliphatic rings. The number of aryl methyl sites for hydroxylation is 1. The molecule has 42 heavy (non-hydrogen) atoms. The minimum atomic E-state index is 0. The Morgan fingerprint density at radius 3 is 1.60 bits per heavy atom. The third kappa shape index (κ3) is 12.9. The molecule has 232 valence electrons. The van der Waals surface area contributed by atoms with E-state index >= 15 is 0 Å². The molecular weight excluding hydrogens is 603 g/mol. The third-order valence-corrected chi connectivity index (χ3v) is 7.08. The number of benzene rings is 2. The molecule has 1 heterocycles. The van der Waals surface area contributed by atoms with Crippen molar-refractivity contribution in [3.63, 3.8) is 0 Å². The Balaban J connectivity index is 0.00000166. The van der Waals surface area contributed by atoms with Gasteiger partial charge < -0.3 is 19.4 Å². The van der Waals surface area contributed by atoms with Crippen LogP contribution in [0.3, 0.4) is 0 Å². The minimum Gasteiger partial charge on any atom is -0.493 e. The van der Waals surface area contributed by atoms with E-state index in [1.54, 1.807) is 0 Å². The van der Waals surface area contributed by atoms with Gasteiger partial charge in [0.2, 0.25) is 11.4 Å². The topological polar surface area (TPSA) is 25.3 Å².